The second-order valence-electron chi connectivity index (χ2n) is 7.24. The molecule has 0 fully saturated rings. The third-order valence-electron chi connectivity index (χ3n) is 5.51. The number of aromatic nitrogens is 1. The predicted molar refractivity (Wildman–Crippen MR) is 123 cm³/mol. The van der Waals surface area contributed by atoms with Crippen LogP contribution in [0, 0.1) is 0 Å². The molecular formula is C25H26NO2P. The van der Waals surface area contributed by atoms with Crippen LogP contribution >= 0.6 is 7.37 Å². The van der Waals surface area contributed by atoms with E-state index in [9.17, 15) is 4.57 Å². The van der Waals surface area contributed by atoms with Crippen molar-refractivity contribution in [1.29, 1.82) is 0 Å². The third-order valence-corrected chi connectivity index (χ3v) is 8.09. The van der Waals surface area contributed by atoms with Gasteiger partial charge in [0, 0.05) is 35.4 Å². The van der Waals surface area contributed by atoms with Crippen molar-refractivity contribution in [3.05, 3.63) is 78.5 Å². The molecule has 0 atom stereocenters. The first-order valence-corrected chi connectivity index (χ1v) is 12.2. The minimum absolute atomic E-state index is 0.438. The molecule has 0 bridgehead atoms. The summed E-state index contributed by atoms with van der Waals surface area (Å²) < 4.78 is 18.2. The number of rotatable bonds is 7. The van der Waals surface area contributed by atoms with Crippen LogP contribution in [-0.4, -0.2) is 23.9 Å². The lowest BCUT2D eigenvalue weighted by atomic mass is 9.96. The number of benzene rings is 3. The van der Waals surface area contributed by atoms with Gasteiger partial charge in [0.25, 0.3) is 0 Å². The fourth-order valence-electron chi connectivity index (χ4n) is 3.73. The molecule has 3 aromatic carbocycles. The van der Waals surface area contributed by atoms with Crippen LogP contribution in [0.5, 0.6) is 0 Å². The quantitative estimate of drug-likeness (QED) is 0.314. The molecule has 148 valence electrons. The molecule has 4 rings (SSSR count). The van der Waals surface area contributed by atoms with Gasteiger partial charge in [0.15, 0.2) is 0 Å². The fourth-order valence-corrected chi connectivity index (χ4v) is 4.96. The highest BCUT2D eigenvalue weighted by Crippen LogP contribution is 2.45. The minimum Gasteiger partial charge on any atom is -0.328 e. The zero-order valence-electron chi connectivity index (χ0n) is 17.0. The standard InChI is InChI=1S/C25H26NO2P/c1-3-29(27,4-2)28-18-17-21-16-15-20-11-8-14-24(25(20)26-21)23-13-7-10-19-9-5-6-12-22(19)23/h5-16H,3-4,17-18H2,1-2H3. The van der Waals surface area contributed by atoms with Gasteiger partial charge in [0.1, 0.15) is 0 Å². The van der Waals surface area contributed by atoms with Gasteiger partial charge in [-0.3, -0.25) is 9.55 Å². The van der Waals surface area contributed by atoms with Crippen molar-refractivity contribution in [1.82, 2.24) is 4.98 Å². The van der Waals surface area contributed by atoms with E-state index < -0.39 is 7.37 Å². The molecule has 0 aliphatic rings. The number of fused-ring (bicyclic) bond motifs is 2. The molecule has 0 saturated heterocycles. The summed E-state index contributed by atoms with van der Waals surface area (Å²) in [5, 5.41) is 3.57. The summed E-state index contributed by atoms with van der Waals surface area (Å²) in [7, 11) is -2.48. The Morgan fingerprint density at radius 3 is 2.28 bits per heavy atom. The summed E-state index contributed by atoms with van der Waals surface area (Å²) in [6.45, 7) is 4.29. The lowest BCUT2D eigenvalue weighted by Gasteiger charge is -2.15. The summed E-state index contributed by atoms with van der Waals surface area (Å²) in [6.07, 6.45) is 1.82. The monoisotopic (exact) mass is 403 g/mol. The summed E-state index contributed by atoms with van der Waals surface area (Å²) in [4.78, 5) is 4.96. The Kier molecular flexibility index (Phi) is 5.80. The van der Waals surface area contributed by atoms with E-state index in [0.717, 1.165) is 22.2 Å². The first-order chi connectivity index (χ1) is 14.1. The van der Waals surface area contributed by atoms with Gasteiger partial charge in [-0.05, 0) is 22.4 Å². The average molecular weight is 403 g/mol. The Morgan fingerprint density at radius 2 is 1.48 bits per heavy atom. The Labute approximate surface area is 172 Å². The van der Waals surface area contributed by atoms with Crippen molar-refractivity contribution in [2.45, 2.75) is 20.3 Å². The van der Waals surface area contributed by atoms with E-state index in [4.69, 9.17) is 9.51 Å². The highest BCUT2D eigenvalue weighted by molar-refractivity contribution is 7.58. The second kappa shape index (κ2) is 8.49. The van der Waals surface area contributed by atoms with E-state index in [1.54, 1.807) is 0 Å². The Hall–Kier alpha value is -2.48. The van der Waals surface area contributed by atoms with E-state index in [2.05, 4.69) is 66.7 Å². The van der Waals surface area contributed by atoms with Crippen molar-refractivity contribution >= 4 is 29.0 Å². The molecule has 0 spiro atoms. The zero-order valence-corrected chi connectivity index (χ0v) is 17.9. The molecule has 3 nitrogen and oxygen atoms in total. The largest absolute Gasteiger partial charge is 0.328 e. The Morgan fingerprint density at radius 1 is 0.793 bits per heavy atom. The highest BCUT2D eigenvalue weighted by atomic mass is 31.2. The highest BCUT2D eigenvalue weighted by Gasteiger charge is 2.17. The lowest BCUT2D eigenvalue weighted by Crippen LogP contribution is -2.02. The topological polar surface area (TPSA) is 39.2 Å². The molecule has 1 heterocycles. The van der Waals surface area contributed by atoms with E-state index >= 15 is 0 Å². The molecule has 0 saturated carbocycles. The van der Waals surface area contributed by atoms with Crippen molar-refractivity contribution in [3.8, 4) is 11.1 Å². The average Bonchev–Trinajstić information content (AvgIpc) is 2.78. The van der Waals surface area contributed by atoms with E-state index in [-0.39, 0.29) is 0 Å². The normalized spacial score (nSPS) is 11.9. The van der Waals surface area contributed by atoms with Crippen molar-refractivity contribution in [3.63, 3.8) is 0 Å². The van der Waals surface area contributed by atoms with Crippen molar-refractivity contribution < 1.29 is 9.09 Å². The van der Waals surface area contributed by atoms with Gasteiger partial charge >= 0.3 is 0 Å². The van der Waals surface area contributed by atoms with Crippen LogP contribution in [0.15, 0.2) is 72.8 Å². The molecule has 0 aliphatic heterocycles. The smallest absolute Gasteiger partial charge is 0.202 e. The van der Waals surface area contributed by atoms with E-state index in [0.29, 0.717) is 25.4 Å². The fraction of sp³-hybridized carbons (Fsp3) is 0.240. The lowest BCUT2D eigenvalue weighted by molar-refractivity contribution is 0.317. The first kappa shape index (κ1) is 19.8. The Balaban J connectivity index is 1.71. The maximum Gasteiger partial charge on any atom is 0.202 e. The second-order valence-corrected chi connectivity index (χ2v) is 10.4. The number of hydrogen-bond acceptors (Lipinski definition) is 3. The van der Waals surface area contributed by atoms with Gasteiger partial charge in [0.05, 0.1) is 12.1 Å². The van der Waals surface area contributed by atoms with Gasteiger partial charge in [0.2, 0.25) is 7.37 Å². The van der Waals surface area contributed by atoms with Gasteiger partial charge in [-0.1, -0.05) is 80.6 Å². The maximum atomic E-state index is 12.5. The van der Waals surface area contributed by atoms with Gasteiger partial charge in [-0.25, -0.2) is 0 Å². The van der Waals surface area contributed by atoms with Crippen LogP contribution in [-0.2, 0) is 15.5 Å². The van der Waals surface area contributed by atoms with Gasteiger partial charge in [-0.15, -0.1) is 0 Å². The molecule has 0 N–H and O–H groups in total. The first-order valence-electron chi connectivity index (χ1n) is 10.2. The summed E-state index contributed by atoms with van der Waals surface area (Å²) >= 11 is 0. The van der Waals surface area contributed by atoms with E-state index in [1.165, 1.54) is 16.3 Å². The number of nitrogens with zero attached hydrogens (tertiary/aromatic N) is 1. The molecule has 29 heavy (non-hydrogen) atoms. The number of para-hydroxylation sites is 1. The molecule has 0 unspecified atom stereocenters. The van der Waals surface area contributed by atoms with E-state index in [1.807, 2.05) is 19.9 Å². The molecule has 4 aromatic rings. The summed E-state index contributed by atoms with van der Waals surface area (Å²) in [6, 6.07) is 25.3. The van der Waals surface area contributed by atoms with Crippen molar-refractivity contribution in [2.75, 3.05) is 18.9 Å². The van der Waals surface area contributed by atoms with Crippen LogP contribution in [0.2, 0.25) is 0 Å². The summed E-state index contributed by atoms with van der Waals surface area (Å²) in [5.41, 5.74) is 4.28. The Bertz CT molecular complexity index is 1190. The molecule has 0 radical (unpaired) electrons. The predicted octanol–water partition coefficient (Wildman–Crippen LogP) is 6.93. The van der Waals surface area contributed by atoms with Gasteiger partial charge < -0.3 is 4.52 Å². The van der Waals surface area contributed by atoms with Crippen LogP contribution in [0.25, 0.3) is 32.8 Å². The molecule has 1 aromatic heterocycles. The maximum absolute atomic E-state index is 12.5. The zero-order chi connectivity index (χ0) is 20.3. The minimum atomic E-state index is -2.48. The van der Waals surface area contributed by atoms with Crippen LogP contribution < -0.4 is 0 Å². The molecular weight excluding hydrogens is 377 g/mol. The van der Waals surface area contributed by atoms with Crippen LogP contribution in [0.1, 0.15) is 19.5 Å². The van der Waals surface area contributed by atoms with Crippen molar-refractivity contribution in [2.24, 2.45) is 0 Å². The molecule has 0 aliphatic carbocycles. The molecule has 0 amide bonds. The third kappa shape index (κ3) is 4.12. The SMILES string of the molecule is CCP(=O)(CC)OCCc1ccc2cccc(-c3cccc4ccccc34)c2n1. The number of hydrogen-bond donors (Lipinski definition) is 0. The van der Waals surface area contributed by atoms with Crippen LogP contribution in [0.3, 0.4) is 0 Å². The molecule has 4 heteroatoms. The van der Waals surface area contributed by atoms with Gasteiger partial charge in [-0.2, -0.15) is 0 Å². The van der Waals surface area contributed by atoms with Crippen LogP contribution in [0.4, 0.5) is 0 Å². The number of pyridine rings is 1. The summed E-state index contributed by atoms with van der Waals surface area (Å²) in [5.74, 6) is 0.